The van der Waals surface area contributed by atoms with E-state index in [-0.39, 0.29) is 5.41 Å². The average molecular weight is 196 g/mol. The molecule has 0 aliphatic heterocycles. The third-order valence-corrected chi connectivity index (χ3v) is 3.19. The Hall–Kier alpha value is -0.830. The lowest BCUT2D eigenvalue weighted by Crippen LogP contribution is -2.22. The fourth-order valence-corrected chi connectivity index (χ4v) is 1.29. The molecule has 0 aliphatic carbocycles. The van der Waals surface area contributed by atoms with Crippen LogP contribution < -0.4 is 0 Å². The highest BCUT2D eigenvalue weighted by Crippen LogP contribution is 2.35. The Balaban J connectivity index is 2.61. The Morgan fingerprint density at radius 2 is 2.14 bits per heavy atom. The van der Waals surface area contributed by atoms with Crippen molar-refractivity contribution in [2.24, 2.45) is 11.3 Å². The summed E-state index contributed by atoms with van der Waals surface area (Å²) >= 11 is 0. The van der Waals surface area contributed by atoms with Gasteiger partial charge < -0.3 is 5.11 Å². The maximum atomic E-state index is 9.93. The van der Waals surface area contributed by atoms with Crippen LogP contribution >= 0.6 is 0 Å². The minimum atomic E-state index is -0.411. The van der Waals surface area contributed by atoms with E-state index in [1.807, 2.05) is 0 Å². The van der Waals surface area contributed by atoms with Crippen molar-refractivity contribution in [2.45, 2.75) is 40.2 Å². The Morgan fingerprint density at radius 3 is 2.57 bits per heavy atom. The van der Waals surface area contributed by atoms with Crippen molar-refractivity contribution in [2.75, 3.05) is 0 Å². The second kappa shape index (κ2) is 4.13. The van der Waals surface area contributed by atoms with Gasteiger partial charge in [-0.25, -0.2) is 0 Å². The molecule has 1 aromatic heterocycles. The number of aliphatic hydroxyl groups excluding tert-OH is 1. The molecule has 3 nitrogen and oxygen atoms in total. The van der Waals surface area contributed by atoms with E-state index in [0.29, 0.717) is 5.92 Å². The van der Waals surface area contributed by atoms with Crippen LogP contribution in [0.1, 0.15) is 45.8 Å². The first-order valence-electron chi connectivity index (χ1n) is 5.10. The fourth-order valence-electron chi connectivity index (χ4n) is 1.29. The molecule has 1 rings (SSSR count). The topological polar surface area (TPSA) is 48.9 Å². The summed E-state index contributed by atoms with van der Waals surface area (Å²) < 4.78 is 0. The molecule has 0 radical (unpaired) electrons. The summed E-state index contributed by atoms with van der Waals surface area (Å²) in [4.78, 5) is 0. The Labute approximate surface area is 85.5 Å². The van der Waals surface area contributed by atoms with Gasteiger partial charge in [-0.3, -0.25) is 5.10 Å². The van der Waals surface area contributed by atoms with Gasteiger partial charge in [-0.1, -0.05) is 27.7 Å². The zero-order valence-electron chi connectivity index (χ0n) is 9.41. The van der Waals surface area contributed by atoms with E-state index >= 15 is 0 Å². The number of rotatable bonds is 4. The monoisotopic (exact) mass is 196 g/mol. The molecule has 1 heterocycles. The Bertz CT molecular complexity index is 265. The average Bonchev–Trinajstić information content (AvgIpc) is 2.54. The number of hydrogen-bond acceptors (Lipinski definition) is 2. The quantitative estimate of drug-likeness (QED) is 0.777. The van der Waals surface area contributed by atoms with Crippen molar-refractivity contribution in [3.05, 3.63) is 18.0 Å². The van der Waals surface area contributed by atoms with Crippen LogP contribution in [0.4, 0.5) is 0 Å². The zero-order chi connectivity index (χ0) is 10.8. The van der Waals surface area contributed by atoms with Crippen LogP contribution in [0.2, 0.25) is 0 Å². The van der Waals surface area contributed by atoms with Gasteiger partial charge >= 0.3 is 0 Å². The largest absolute Gasteiger partial charge is 0.388 e. The number of nitrogens with zero attached hydrogens (tertiary/aromatic N) is 1. The standard InChI is InChI=1S/C11H20N2O/c1-8(2)11(3,4)5-10(14)9-6-12-13-7-9/h6-8,10,14H,5H2,1-4H3,(H,12,13). The molecular weight excluding hydrogens is 176 g/mol. The van der Waals surface area contributed by atoms with Crippen LogP contribution in [0.25, 0.3) is 0 Å². The molecule has 1 unspecified atom stereocenters. The van der Waals surface area contributed by atoms with Gasteiger partial charge in [0.15, 0.2) is 0 Å². The maximum absolute atomic E-state index is 9.93. The van der Waals surface area contributed by atoms with E-state index in [1.165, 1.54) is 0 Å². The highest BCUT2D eigenvalue weighted by atomic mass is 16.3. The SMILES string of the molecule is CC(C)C(C)(C)CC(O)c1cn[nH]c1. The molecule has 2 N–H and O–H groups in total. The first-order valence-corrected chi connectivity index (χ1v) is 5.10. The summed E-state index contributed by atoms with van der Waals surface area (Å²) in [5.74, 6) is 0.559. The Morgan fingerprint density at radius 1 is 1.50 bits per heavy atom. The number of aliphatic hydroxyl groups is 1. The highest BCUT2D eigenvalue weighted by Gasteiger charge is 2.26. The van der Waals surface area contributed by atoms with E-state index in [1.54, 1.807) is 12.4 Å². The van der Waals surface area contributed by atoms with Crippen molar-refractivity contribution < 1.29 is 5.11 Å². The maximum Gasteiger partial charge on any atom is 0.0825 e. The van der Waals surface area contributed by atoms with Gasteiger partial charge in [0.25, 0.3) is 0 Å². The van der Waals surface area contributed by atoms with E-state index in [2.05, 4.69) is 37.9 Å². The van der Waals surface area contributed by atoms with Gasteiger partial charge in [0.05, 0.1) is 12.3 Å². The normalized spacial score (nSPS) is 14.7. The Kier molecular flexibility index (Phi) is 3.32. The predicted molar refractivity (Wildman–Crippen MR) is 56.8 cm³/mol. The molecular formula is C11H20N2O. The van der Waals surface area contributed by atoms with Gasteiger partial charge in [0.2, 0.25) is 0 Å². The van der Waals surface area contributed by atoms with Crippen LogP contribution in [-0.2, 0) is 0 Å². The molecule has 14 heavy (non-hydrogen) atoms. The molecule has 1 aromatic rings. The van der Waals surface area contributed by atoms with Gasteiger partial charge in [0.1, 0.15) is 0 Å². The number of H-pyrrole nitrogens is 1. The van der Waals surface area contributed by atoms with Gasteiger partial charge in [0, 0.05) is 11.8 Å². The minimum absolute atomic E-state index is 0.149. The lowest BCUT2D eigenvalue weighted by molar-refractivity contribution is 0.0890. The van der Waals surface area contributed by atoms with Gasteiger partial charge in [-0.15, -0.1) is 0 Å². The number of aromatic nitrogens is 2. The molecule has 0 aliphatic rings. The van der Waals surface area contributed by atoms with E-state index < -0.39 is 6.10 Å². The third kappa shape index (κ3) is 2.58. The van der Waals surface area contributed by atoms with Crippen LogP contribution in [-0.4, -0.2) is 15.3 Å². The summed E-state index contributed by atoms with van der Waals surface area (Å²) in [5, 5.41) is 16.5. The van der Waals surface area contributed by atoms with E-state index in [4.69, 9.17) is 0 Å². The van der Waals surface area contributed by atoms with Gasteiger partial charge in [-0.2, -0.15) is 5.10 Å². The summed E-state index contributed by atoms with van der Waals surface area (Å²) in [6, 6.07) is 0. The summed E-state index contributed by atoms with van der Waals surface area (Å²) in [5.41, 5.74) is 1.02. The second-order valence-electron chi connectivity index (χ2n) is 4.89. The molecule has 0 aromatic carbocycles. The summed E-state index contributed by atoms with van der Waals surface area (Å²) in [6.45, 7) is 8.73. The van der Waals surface area contributed by atoms with Crippen LogP contribution in [0, 0.1) is 11.3 Å². The summed E-state index contributed by atoms with van der Waals surface area (Å²) in [6.07, 6.45) is 3.79. The van der Waals surface area contributed by atoms with Crippen molar-refractivity contribution in [3.63, 3.8) is 0 Å². The number of hydrogen-bond donors (Lipinski definition) is 2. The number of aromatic amines is 1. The lowest BCUT2D eigenvalue weighted by atomic mass is 9.76. The van der Waals surface area contributed by atoms with E-state index in [0.717, 1.165) is 12.0 Å². The van der Waals surface area contributed by atoms with Crippen molar-refractivity contribution in [1.29, 1.82) is 0 Å². The van der Waals surface area contributed by atoms with Crippen LogP contribution in [0.15, 0.2) is 12.4 Å². The molecule has 0 saturated heterocycles. The molecule has 0 saturated carbocycles. The molecule has 1 atom stereocenters. The fraction of sp³-hybridized carbons (Fsp3) is 0.727. The van der Waals surface area contributed by atoms with Crippen molar-refractivity contribution in [1.82, 2.24) is 10.2 Å². The smallest absolute Gasteiger partial charge is 0.0825 e. The lowest BCUT2D eigenvalue weighted by Gasteiger charge is -2.31. The third-order valence-electron chi connectivity index (χ3n) is 3.19. The van der Waals surface area contributed by atoms with Crippen molar-refractivity contribution >= 4 is 0 Å². The highest BCUT2D eigenvalue weighted by molar-refractivity contribution is 5.07. The summed E-state index contributed by atoms with van der Waals surface area (Å²) in [7, 11) is 0. The molecule has 80 valence electrons. The molecule has 0 bridgehead atoms. The first-order chi connectivity index (χ1) is 6.43. The van der Waals surface area contributed by atoms with Crippen LogP contribution in [0.5, 0.6) is 0 Å². The first kappa shape index (κ1) is 11.2. The zero-order valence-corrected chi connectivity index (χ0v) is 9.41. The second-order valence-corrected chi connectivity index (χ2v) is 4.89. The molecule has 0 amide bonds. The van der Waals surface area contributed by atoms with Crippen molar-refractivity contribution in [3.8, 4) is 0 Å². The van der Waals surface area contributed by atoms with Crippen LogP contribution in [0.3, 0.4) is 0 Å². The molecule has 0 fully saturated rings. The predicted octanol–water partition coefficient (Wildman–Crippen LogP) is 2.52. The molecule has 3 heteroatoms. The minimum Gasteiger partial charge on any atom is -0.388 e. The number of nitrogens with one attached hydrogen (secondary N) is 1. The van der Waals surface area contributed by atoms with Gasteiger partial charge in [-0.05, 0) is 17.8 Å². The molecule has 0 spiro atoms. The van der Waals surface area contributed by atoms with E-state index in [9.17, 15) is 5.11 Å².